The van der Waals surface area contributed by atoms with Gasteiger partial charge in [-0.05, 0) is 12.1 Å². The molecule has 0 unspecified atom stereocenters. The van der Waals surface area contributed by atoms with Crippen molar-refractivity contribution in [2.75, 3.05) is 19.4 Å². The average molecular weight is 314 g/mol. The summed E-state index contributed by atoms with van der Waals surface area (Å²) in [7, 11) is -0.527. The summed E-state index contributed by atoms with van der Waals surface area (Å²) in [5.74, 6) is 0.537. The third-order valence-electron chi connectivity index (χ3n) is 2.55. The molecule has 0 fully saturated rings. The lowest BCUT2D eigenvalue weighted by Crippen LogP contribution is -2.22. The molecule has 2 aromatic heterocycles. The van der Waals surface area contributed by atoms with Crippen molar-refractivity contribution in [2.45, 2.75) is 11.4 Å². The molecule has 108 valence electrons. The fourth-order valence-corrected chi connectivity index (χ4v) is 2.86. The topological polar surface area (TPSA) is 95.2 Å². The van der Waals surface area contributed by atoms with Gasteiger partial charge in [0.15, 0.2) is 0 Å². The van der Waals surface area contributed by atoms with Crippen molar-refractivity contribution in [2.24, 2.45) is 0 Å². The maximum absolute atomic E-state index is 11.9. The molecule has 0 spiro atoms. The molecule has 2 aromatic rings. The maximum Gasteiger partial charge on any atom is 0.304 e. The summed E-state index contributed by atoms with van der Waals surface area (Å²) in [6.45, 7) is 0.422. The van der Waals surface area contributed by atoms with Gasteiger partial charge in [0.25, 0.3) is 0 Å². The number of hydrogen-bond donors (Lipinski definition) is 2. The molecule has 0 atom stereocenters. The Balaban J connectivity index is 2.07. The van der Waals surface area contributed by atoms with Crippen LogP contribution in [0.5, 0.6) is 0 Å². The first-order chi connectivity index (χ1) is 9.39. The van der Waals surface area contributed by atoms with Gasteiger partial charge >= 0.3 is 4.87 Å². The van der Waals surface area contributed by atoms with Crippen LogP contribution in [0, 0.1) is 0 Å². The van der Waals surface area contributed by atoms with Crippen LogP contribution in [-0.2, 0) is 16.6 Å². The molecule has 0 aliphatic rings. The Kier molecular flexibility index (Phi) is 4.21. The van der Waals surface area contributed by atoms with Crippen LogP contribution in [0.1, 0.15) is 5.69 Å². The minimum atomic E-state index is -3.46. The quantitative estimate of drug-likeness (QED) is 0.847. The molecule has 0 bridgehead atoms. The third-order valence-corrected chi connectivity index (χ3v) is 5.06. The van der Waals surface area contributed by atoms with Gasteiger partial charge in [-0.2, -0.15) is 0 Å². The Morgan fingerprint density at radius 3 is 2.65 bits per heavy atom. The predicted molar refractivity (Wildman–Crippen MR) is 77.4 cm³/mol. The van der Waals surface area contributed by atoms with Crippen LogP contribution >= 0.6 is 11.3 Å². The summed E-state index contributed by atoms with van der Waals surface area (Å²) in [5.41, 5.74) is 0.756. The first-order valence-corrected chi connectivity index (χ1v) is 8.01. The fraction of sp³-hybridized carbons (Fsp3) is 0.273. The SMILES string of the molecule is CN(C)S(=O)(=O)c1ccc(NCc2csc(=O)[nH]2)nc1. The highest BCUT2D eigenvalue weighted by Crippen LogP contribution is 2.14. The van der Waals surface area contributed by atoms with Gasteiger partial charge in [-0.25, -0.2) is 17.7 Å². The van der Waals surface area contributed by atoms with E-state index in [-0.39, 0.29) is 9.77 Å². The number of H-pyrrole nitrogens is 1. The van der Waals surface area contributed by atoms with E-state index in [0.29, 0.717) is 12.4 Å². The molecular formula is C11H14N4O3S2. The number of nitrogens with one attached hydrogen (secondary N) is 2. The van der Waals surface area contributed by atoms with Crippen LogP contribution < -0.4 is 10.2 Å². The molecule has 2 rings (SSSR count). The fourth-order valence-electron chi connectivity index (χ4n) is 1.43. The maximum atomic E-state index is 11.9. The average Bonchev–Trinajstić information content (AvgIpc) is 2.82. The molecule has 2 N–H and O–H groups in total. The number of aromatic nitrogens is 2. The van der Waals surface area contributed by atoms with E-state index in [2.05, 4.69) is 15.3 Å². The van der Waals surface area contributed by atoms with Crippen molar-refractivity contribution >= 4 is 27.2 Å². The van der Waals surface area contributed by atoms with E-state index in [0.717, 1.165) is 21.3 Å². The zero-order chi connectivity index (χ0) is 14.8. The lowest BCUT2D eigenvalue weighted by molar-refractivity contribution is 0.520. The summed E-state index contributed by atoms with van der Waals surface area (Å²) in [5, 5.41) is 4.72. The van der Waals surface area contributed by atoms with E-state index >= 15 is 0 Å². The summed E-state index contributed by atoms with van der Waals surface area (Å²) < 4.78 is 24.8. The Labute approximate surface area is 120 Å². The molecule has 0 aliphatic heterocycles. The van der Waals surface area contributed by atoms with E-state index in [9.17, 15) is 13.2 Å². The lowest BCUT2D eigenvalue weighted by atomic mass is 10.4. The molecule has 0 aliphatic carbocycles. The van der Waals surface area contributed by atoms with Crippen molar-refractivity contribution in [3.05, 3.63) is 39.1 Å². The molecule has 2 heterocycles. The Hall–Kier alpha value is -1.71. The predicted octanol–water partition coefficient (Wildman–Crippen LogP) is 0.694. The number of sulfonamides is 1. The number of hydrogen-bond acceptors (Lipinski definition) is 6. The van der Waals surface area contributed by atoms with Gasteiger partial charge in [-0.3, -0.25) is 4.79 Å². The minimum absolute atomic E-state index is 0.109. The van der Waals surface area contributed by atoms with Gasteiger partial charge in [0.1, 0.15) is 10.7 Å². The van der Waals surface area contributed by atoms with Crippen LogP contribution in [0.2, 0.25) is 0 Å². The monoisotopic (exact) mass is 314 g/mol. The molecule has 0 radical (unpaired) electrons. The first kappa shape index (κ1) is 14.7. The largest absolute Gasteiger partial charge is 0.364 e. The molecule has 0 saturated carbocycles. The molecule has 0 amide bonds. The standard InChI is InChI=1S/C11H14N4O3S2/c1-15(2)20(17,18)9-3-4-10(13-6-9)12-5-8-7-19-11(16)14-8/h3-4,6-7H,5H2,1-2H3,(H,12,13)(H,14,16). The minimum Gasteiger partial charge on any atom is -0.364 e. The first-order valence-electron chi connectivity index (χ1n) is 5.69. The van der Waals surface area contributed by atoms with Gasteiger partial charge < -0.3 is 10.3 Å². The highest BCUT2D eigenvalue weighted by molar-refractivity contribution is 7.89. The van der Waals surface area contributed by atoms with E-state index in [4.69, 9.17) is 0 Å². The lowest BCUT2D eigenvalue weighted by Gasteiger charge is -2.11. The highest BCUT2D eigenvalue weighted by atomic mass is 32.2. The molecule has 0 aromatic carbocycles. The van der Waals surface area contributed by atoms with Gasteiger partial charge in [0.05, 0.1) is 6.54 Å². The second-order valence-electron chi connectivity index (χ2n) is 4.19. The summed E-state index contributed by atoms with van der Waals surface area (Å²) in [6.07, 6.45) is 1.30. The molecule has 20 heavy (non-hydrogen) atoms. The van der Waals surface area contributed by atoms with Crippen LogP contribution in [-0.4, -0.2) is 36.8 Å². The summed E-state index contributed by atoms with van der Waals surface area (Å²) >= 11 is 1.09. The zero-order valence-electron chi connectivity index (χ0n) is 11.0. The number of pyridine rings is 1. The van der Waals surface area contributed by atoms with Crippen LogP contribution in [0.3, 0.4) is 0 Å². The van der Waals surface area contributed by atoms with Crippen molar-refractivity contribution in [1.82, 2.24) is 14.3 Å². The molecule has 9 heteroatoms. The molecule has 0 saturated heterocycles. The van der Waals surface area contributed by atoms with E-state index in [1.54, 1.807) is 11.4 Å². The normalized spacial score (nSPS) is 11.8. The van der Waals surface area contributed by atoms with Crippen molar-refractivity contribution in [1.29, 1.82) is 0 Å². The van der Waals surface area contributed by atoms with E-state index in [1.807, 2.05) is 0 Å². The van der Waals surface area contributed by atoms with E-state index < -0.39 is 10.0 Å². The number of thiazole rings is 1. The number of rotatable bonds is 5. The smallest absolute Gasteiger partial charge is 0.304 e. The number of anilines is 1. The highest BCUT2D eigenvalue weighted by Gasteiger charge is 2.17. The Morgan fingerprint density at radius 2 is 2.15 bits per heavy atom. The molecular weight excluding hydrogens is 300 g/mol. The Morgan fingerprint density at radius 1 is 1.40 bits per heavy atom. The van der Waals surface area contributed by atoms with Gasteiger partial charge in [0, 0.05) is 31.4 Å². The Bertz CT molecular complexity index is 732. The van der Waals surface area contributed by atoms with Crippen molar-refractivity contribution in [3.63, 3.8) is 0 Å². The third kappa shape index (κ3) is 3.24. The van der Waals surface area contributed by atoms with Crippen LogP contribution in [0.15, 0.2) is 33.4 Å². The van der Waals surface area contributed by atoms with Gasteiger partial charge in [0.2, 0.25) is 10.0 Å². The summed E-state index contributed by atoms with van der Waals surface area (Å²) in [4.78, 5) is 17.7. The molecule has 7 nitrogen and oxygen atoms in total. The second-order valence-corrected chi connectivity index (χ2v) is 7.19. The van der Waals surface area contributed by atoms with Crippen LogP contribution in [0.25, 0.3) is 0 Å². The van der Waals surface area contributed by atoms with Gasteiger partial charge in [-0.15, -0.1) is 0 Å². The van der Waals surface area contributed by atoms with Crippen molar-refractivity contribution in [3.8, 4) is 0 Å². The van der Waals surface area contributed by atoms with Crippen LogP contribution in [0.4, 0.5) is 5.82 Å². The number of aromatic amines is 1. The summed E-state index contributed by atoms with van der Waals surface area (Å²) in [6, 6.07) is 3.07. The second kappa shape index (κ2) is 5.73. The van der Waals surface area contributed by atoms with Gasteiger partial charge in [-0.1, -0.05) is 11.3 Å². The zero-order valence-corrected chi connectivity index (χ0v) is 12.6. The number of nitrogens with zero attached hydrogens (tertiary/aromatic N) is 2. The van der Waals surface area contributed by atoms with Crippen molar-refractivity contribution < 1.29 is 8.42 Å². The van der Waals surface area contributed by atoms with E-state index in [1.165, 1.54) is 26.4 Å².